The Morgan fingerprint density at radius 3 is 2.31 bits per heavy atom. The number of carbonyl (C=O) groups is 2. The summed E-state index contributed by atoms with van der Waals surface area (Å²) in [5.41, 5.74) is -1.16. The molecule has 5 heteroatoms. The molecule has 0 unspecified atom stereocenters. The van der Waals surface area contributed by atoms with Gasteiger partial charge in [0.1, 0.15) is 5.67 Å². The summed E-state index contributed by atoms with van der Waals surface area (Å²) < 4.78 is 14.0. The molecule has 1 N–H and O–H groups in total. The number of ketones is 1. The van der Waals surface area contributed by atoms with E-state index in [0.29, 0.717) is 10.0 Å². The van der Waals surface area contributed by atoms with Crippen molar-refractivity contribution < 1.29 is 19.1 Å². The fraction of sp³-hybridized carbons (Fsp3) is 0.273. The highest BCUT2D eigenvalue weighted by Crippen LogP contribution is 2.31. The number of hydrogen-bond acceptors (Lipinski definition) is 2. The summed E-state index contributed by atoms with van der Waals surface area (Å²) in [7, 11) is 0. The highest BCUT2D eigenvalue weighted by molar-refractivity contribution is 9.10. The number of carbonyl (C=O) groups excluding carboxylic acids is 1. The van der Waals surface area contributed by atoms with Gasteiger partial charge in [-0.3, -0.25) is 4.79 Å². The molecular weight excluding hydrogens is 279 g/mol. The Balaban J connectivity index is 3.19. The first-order valence-corrected chi connectivity index (χ1v) is 5.29. The van der Waals surface area contributed by atoms with Gasteiger partial charge in [-0.1, -0.05) is 28.1 Å². The first-order chi connectivity index (χ1) is 7.23. The summed E-state index contributed by atoms with van der Waals surface area (Å²) in [5.74, 6) is -2.54. The molecule has 0 aromatic heterocycles. The Hall–Kier alpha value is -1.23. The van der Waals surface area contributed by atoms with E-state index in [1.54, 1.807) is 0 Å². The van der Waals surface area contributed by atoms with Gasteiger partial charge in [-0.2, -0.15) is 0 Å². The lowest BCUT2D eigenvalue weighted by Crippen LogP contribution is -2.14. The van der Waals surface area contributed by atoms with Crippen LogP contribution < -0.4 is 0 Å². The predicted molar refractivity (Wildman–Crippen MR) is 60.2 cm³/mol. The van der Waals surface area contributed by atoms with Crippen molar-refractivity contribution in [2.75, 3.05) is 0 Å². The lowest BCUT2D eigenvalue weighted by molar-refractivity contribution is -0.131. The predicted octanol–water partition coefficient (Wildman–Crippen LogP) is 2.92. The molecule has 86 valence electrons. The average molecular weight is 289 g/mol. The Morgan fingerprint density at radius 1 is 1.38 bits per heavy atom. The van der Waals surface area contributed by atoms with Crippen LogP contribution in [0.1, 0.15) is 29.8 Å². The van der Waals surface area contributed by atoms with Crippen molar-refractivity contribution in [3.05, 3.63) is 33.8 Å². The maximum absolute atomic E-state index is 13.6. The quantitative estimate of drug-likeness (QED) is 0.687. The third kappa shape index (κ3) is 2.66. The Kier molecular flexibility index (Phi) is 3.48. The second-order valence-corrected chi connectivity index (χ2v) is 4.66. The number of benzene rings is 1. The van der Waals surface area contributed by atoms with E-state index in [0.717, 1.165) is 0 Å². The second kappa shape index (κ2) is 4.33. The number of halogens is 2. The summed E-state index contributed by atoms with van der Waals surface area (Å²) in [6.07, 6.45) is 0. The van der Waals surface area contributed by atoms with E-state index in [9.17, 15) is 14.0 Å². The highest BCUT2D eigenvalue weighted by Gasteiger charge is 2.23. The normalized spacial score (nSPS) is 11.2. The van der Waals surface area contributed by atoms with Crippen molar-refractivity contribution in [2.45, 2.75) is 19.5 Å². The lowest BCUT2D eigenvalue weighted by Gasteiger charge is -2.16. The summed E-state index contributed by atoms with van der Waals surface area (Å²) >= 11 is 3.12. The minimum atomic E-state index is -1.55. The van der Waals surface area contributed by atoms with Crippen molar-refractivity contribution >= 4 is 27.7 Å². The van der Waals surface area contributed by atoms with Gasteiger partial charge in [0.05, 0.1) is 0 Å². The topological polar surface area (TPSA) is 54.4 Å². The van der Waals surface area contributed by atoms with Crippen molar-refractivity contribution in [3.63, 3.8) is 0 Å². The first kappa shape index (κ1) is 12.8. The van der Waals surface area contributed by atoms with Crippen LogP contribution in [-0.2, 0) is 10.5 Å². The molecule has 0 heterocycles. The van der Waals surface area contributed by atoms with Gasteiger partial charge in [-0.05, 0) is 19.9 Å². The van der Waals surface area contributed by atoms with Crippen LogP contribution >= 0.6 is 15.9 Å². The smallest absolute Gasteiger partial charge is 0.377 e. The molecule has 1 rings (SSSR count). The van der Waals surface area contributed by atoms with E-state index < -0.39 is 17.4 Å². The zero-order valence-electron chi connectivity index (χ0n) is 8.75. The molecule has 0 saturated heterocycles. The molecule has 0 aliphatic heterocycles. The highest BCUT2D eigenvalue weighted by atomic mass is 79.9. The summed E-state index contributed by atoms with van der Waals surface area (Å²) in [4.78, 5) is 21.6. The second-order valence-electron chi connectivity index (χ2n) is 3.80. The molecule has 0 saturated carbocycles. The third-order valence-corrected chi connectivity index (χ3v) is 2.72. The number of carboxylic acids is 1. The molecule has 0 amide bonds. The first-order valence-electron chi connectivity index (χ1n) is 4.50. The molecule has 0 aliphatic carbocycles. The molecule has 0 bridgehead atoms. The van der Waals surface area contributed by atoms with Gasteiger partial charge in [0, 0.05) is 15.6 Å². The number of rotatable bonds is 3. The third-order valence-electron chi connectivity index (χ3n) is 2.07. The maximum atomic E-state index is 13.6. The van der Waals surface area contributed by atoms with Crippen LogP contribution in [0.4, 0.5) is 4.39 Å². The number of carboxylic acid groups (broad SMARTS) is 1. The van der Waals surface area contributed by atoms with Crippen molar-refractivity contribution in [1.29, 1.82) is 0 Å². The van der Waals surface area contributed by atoms with Crippen LogP contribution in [0.15, 0.2) is 22.7 Å². The van der Waals surface area contributed by atoms with Crippen molar-refractivity contribution in [3.8, 4) is 0 Å². The Morgan fingerprint density at radius 2 is 1.94 bits per heavy atom. The van der Waals surface area contributed by atoms with Crippen LogP contribution in [0.5, 0.6) is 0 Å². The minimum Gasteiger partial charge on any atom is -0.475 e. The van der Waals surface area contributed by atoms with E-state index in [1.807, 2.05) is 0 Å². The molecule has 0 radical (unpaired) electrons. The fourth-order valence-electron chi connectivity index (χ4n) is 1.26. The molecule has 0 aliphatic rings. The standard InChI is InChI=1S/C11H10BrFO3/c1-11(2,13)7-4-3-6(5-8(7)12)9(14)10(15)16/h3-5H,1-2H3,(H,15,16). The summed E-state index contributed by atoms with van der Waals surface area (Å²) in [6, 6.07) is 4.02. The Labute approximate surface area is 100 Å². The SMILES string of the molecule is CC(C)(F)c1ccc(C(=O)C(=O)O)cc1Br. The molecule has 1 aromatic rings. The molecule has 16 heavy (non-hydrogen) atoms. The largest absolute Gasteiger partial charge is 0.475 e. The number of Topliss-reactive ketones (excluding diaryl/α,β-unsaturated/α-hetero) is 1. The molecule has 3 nitrogen and oxygen atoms in total. The average Bonchev–Trinajstić information content (AvgIpc) is 2.14. The van der Waals surface area contributed by atoms with Gasteiger partial charge in [0.2, 0.25) is 0 Å². The van der Waals surface area contributed by atoms with Gasteiger partial charge in [-0.15, -0.1) is 0 Å². The monoisotopic (exact) mass is 288 g/mol. The van der Waals surface area contributed by atoms with Crippen LogP contribution in [0.25, 0.3) is 0 Å². The van der Waals surface area contributed by atoms with Gasteiger partial charge in [0.25, 0.3) is 5.78 Å². The molecular formula is C11H10BrFO3. The zero-order valence-corrected chi connectivity index (χ0v) is 10.3. The molecule has 0 spiro atoms. The number of hydrogen-bond donors (Lipinski definition) is 1. The van der Waals surface area contributed by atoms with Crippen molar-refractivity contribution in [1.82, 2.24) is 0 Å². The van der Waals surface area contributed by atoms with Crippen molar-refractivity contribution in [2.24, 2.45) is 0 Å². The van der Waals surface area contributed by atoms with E-state index in [4.69, 9.17) is 5.11 Å². The van der Waals surface area contributed by atoms with Gasteiger partial charge in [-0.25, -0.2) is 9.18 Å². The van der Waals surface area contributed by atoms with E-state index in [-0.39, 0.29) is 5.56 Å². The van der Waals surface area contributed by atoms with Gasteiger partial charge < -0.3 is 5.11 Å². The number of alkyl halides is 1. The van der Waals surface area contributed by atoms with Crippen LogP contribution in [0.2, 0.25) is 0 Å². The lowest BCUT2D eigenvalue weighted by atomic mass is 9.98. The minimum absolute atomic E-state index is 0.0207. The van der Waals surface area contributed by atoms with Crippen LogP contribution in [-0.4, -0.2) is 16.9 Å². The number of aliphatic carboxylic acids is 1. The summed E-state index contributed by atoms with van der Waals surface area (Å²) in [6.45, 7) is 2.76. The fourth-order valence-corrected chi connectivity index (χ4v) is 2.11. The summed E-state index contributed by atoms with van der Waals surface area (Å²) in [5, 5.41) is 8.52. The molecule has 1 aromatic carbocycles. The Bertz CT molecular complexity index is 449. The van der Waals surface area contributed by atoms with E-state index in [2.05, 4.69) is 15.9 Å². The van der Waals surface area contributed by atoms with Crippen LogP contribution in [0.3, 0.4) is 0 Å². The van der Waals surface area contributed by atoms with Gasteiger partial charge >= 0.3 is 5.97 Å². The maximum Gasteiger partial charge on any atom is 0.377 e. The van der Waals surface area contributed by atoms with Gasteiger partial charge in [0.15, 0.2) is 0 Å². The van der Waals surface area contributed by atoms with Crippen LogP contribution in [0, 0.1) is 0 Å². The zero-order chi connectivity index (χ0) is 12.5. The van der Waals surface area contributed by atoms with E-state index in [1.165, 1.54) is 32.0 Å². The molecule has 0 atom stereocenters. The van der Waals surface area contributed by atoms with E-state index >= 15 is 0 Å². The molecule has 0 fully saturated rings.